The molecule has 0 radical (unpaired) electrons. The molecule has 2 rings (SSSR count). The molecule has 1 fully saturated rings. The largest absolute Gasteiger partial charge is 0.384 e. The Hall–Kier alpha value is -1.05. The SMILES string of the molecule is CC1OCCC1SCCS(=O)(=O)c1cccc(C(=N)N)c1. The predicted molar refractivity (Wildman–Crippen MR) is 85.8 cm³/mol. The number of thioether (sulfide) groups is 1. The van der Waals surface area contributed by atoms with Crippen molar-refractivity contribution in [3.05, 3.63) is 29.8 Å². The summed E-state index contributed by atoms with van der Waals surface area (Å²) in [7, 11) is -3.34. The first kappa shape index (κ1) is 16.3. The van der Waals surface area contributed by atoms with Gasteiger partial charge in [0.05, 0.1) is 16.8 Å². The molecule has 116 valence electrons. The molecule has 0 spiro atoms. The fourth-order valence-electron chi connectivity index (χ4n) is 2.22. The Morgan fingerprint density at radius 3 is 2.90 bits per heavy atom. The van der Waals surface area contributed by atoms with E-state index in [0.29, 0.717) is 16.6 Å². The lowest BCUT2D eigenvalue weighted by molar-refractivity contribution is 0.127. The lowest BCUT2D eigenvalue weighted by atomic mass is 10.2. The normalized spacial score (nSPS) is 22.3. The molecular formula is C14H20N2O3S2. The summed E-state index contributed by atoms with van der Waals surface area (Å²) in [5, 5.41) is 7.75. The van der Waals surface area contributed by atoms with Gasteiger partial charge >= 0.3 is 0 Å². The zero-order chi connectivity index (χ0) is 15.5. The minimum absolute atomic E-state index is 0.0856. The molecule has 1 heterocycles. The van der Waals surface area contributed by atoms with Crippen molar-refractivity contribution < 1.29 is 13.2 Å². The van der Waals surface area contributed by atoms with E-state index in [2.05, 4.69) is 0 Å². The van der Waals surface area contributed by atoms with Crippen LogP contribution >= 0.6 is 11.8 Å². The predicted octanol–water partition coefficient (Wildman–Crippen LogP) is 1.65. The van der Waals surface area contributed by atoms with E-state index < -0.39 is 9.84 Å². The van der Waals surface area contributed by atoms with Crippen LogP contribution in [-0.4, -0.2) is 43.7 Å². The van der Waals surface area contributed by atoms with Crippen LogP contribution in [0.4, 0.5) is 0 Å². The maximum atomic E-state index is 12.3. The summed E-state index contributed by atoms with van der Waals surface area (Å²) in [6.07, 6.45) is 1.17. The fourth-order valence-corrected chi connectivity index (χ4v) is 5.22. The Morgan fingerprint density at radius 1 is 1.52 bits per heavy atom. The molecule has 1 aromatic carbocycles. The van der Waals surface area contributed by atoms with E-state index in [9.17, 15) is 8.42 Å². The van der Waals surface area contributed by atoms with Gasteiger partial charge in [0.25, 0.3) is 0 Å². The summed E-state index contributed by atoms with van der Waals surface area (Å²) in [5.74, 6) is 0.506. The summed E-state index contributed by atoms with van der Waals surface area (Å²) >= 11 is 1.65. The molecule has 7 heteroatoms. The second-order valence-corrected chi connectivity index (χ2v) is 8.49. The van der Waals surface area contributed by atoms with Crippen LogP contribution in [0.3, 0.4) is 0 Å². The van der Waals surface area contributed by atoms with Crippen LogP contribution in [0.25, 0.3) is 0 Å². The number of rotatable bonds is 6. The standard InChI is InChI=1S/C14H20N2O3S2/c1-10-13(5-6-19-10)20-7-8-21(17,18)12-4-2-3-11(9-12)14(15)16/h2-4,9-10,13H,5-8H2,1H3,(H3,15,16). The van der Waals surface area contributed by atoms with Crippen LogP contribution in [-0.2, 0) is 14.6 Å². The molecule has 0 aromatic heterocycles. The summed E-state index contributed by atoms with van der Waals surface area (Å²) < 4.78 is 30.1. The van der Waals surface area contributed by atoms with Crippen molar-refractivity contribution in [3.8, 4) is 0 Å². The van der Waals surface area contributed by atoms with E-state index in [0.717, 1.165) is 13.0 Å². The van der Waals surface area contributed by atoms with Gasteiger partial charge in [0.15, 0.2) is 9.84 Å². The van der Waals surface area contributed by atoms with Crippen LogP contribution in [0.1, 0.15) is 18.9 Å². The van der Waals surface area contributed by atoms with Gasteiger partial charge in [0.1, 0.15) is 5.84 Å². The smallest absolute Gasteiger partial charge is 0.179 e. The summed E-state index contributed by atoms with van der Waals surface area (Å²) in [6.45, 7) is 2.78. The maximum absolute atomic E-state index is 12.3. The Labute approximate surface area is 129 Å². The van der Waals surface area contributed by atoms with Crippen molar-refractivity contribution in [2.75, 3.05) is 18.1 Å². The molecule has 1 saturated heterocycles. The van der Waals surface area contributed by atoms with Gasteiger partial charge in [0, 0.05) is 23.2 Å². The van der Waals surface area contributed by atoms with Gasteiger partial charge in [-0.2, -0.15) is 11.8 Å². The molecule has 1 aliphatic heterocycles. The number of nitrogens with two attached hydrogens (primary N) is 1. The topological polar surface area (TPSA) is 93.2 Å². The number of hydrogen-bond donors (Lipinski definition) is 2. The Morgan fingerprint density at radius 2 is 2.29 bits per heavy atom. The molecule has 0 aliphatic carbocycles. The number of amidine groups is 1. The van der Waals surface area contributed by atoms with E-state index >= 15 is 0 Å². The van der Waals surface area contributed by atoms with Crippen molar-refractivity contribution >= 4 is 27.4 Å². The fraction of sp³-hybridized carbons (Fsp3) is 0.500. The van der Waals surface area contributed by atoms with Gasteiger partial charge in [-0.15, -0.1) is 0 Å². The van der Waals surface area contributed by atoms with E-state index in [1.807, 2.05) is 6.92 Å². The van der Waals surface area contributed by atoms with Crippen LogP contribution in [0.5, 0.6) is 0 Å². The highest BCUT2D eigenvalue weighted by Crippen LogP contribution is 2.26. The number of nitrogens with one attached hydrogen (secondary N) is 1. The summed E-state index contributed by atoms with van der Waals surface area (Å²) in [4.78, 5) is 0.228. The number of nitrogen functional groups attached to an aromatic ring is 1. The van der Waals surface area contributed by atoms with E-state index in [1.165, 1.54) is 6.07 Å². The lowest BCUT2D eigenvalue weighted by Crippen LogP contribution is -2.17. The van der Waals surface area contributed by atoms with Crippen molar-refractivity contribution in [1.82, 2.24) is 0 Å². The summed E-state index contributed by atoms with van der Waals surface area (Å²) in [6, 6.07) is 6.26. The maximum Gasteiger partial charge on any atom is 0.179 e. The molecule has 2 atom stereocenters. The van der Waals surface area contributed by atoms with Crippen LogP contribution in [0.15, 0.2) is 29.2 Å². The zero-order valence-electron chi connectivity index (χ0n) is 11.9. The lowest BCUT2D eigenvalue weighted by Gasteiger charge is -2.13. The molecular weight excluding hydrogens is 308 g/mol. The molecule has 0 saturated carbocycles. The Kier molecular flexibility index (Phi) is 5.29. The third-order valence-electron chi connectivity index (χ3n) is 3.49. The highest BCUT2D eigenvalue weighted by atomic mass is 32.2. The first-order valence-electron chi connectivity index (χ1n) is 6.80. The Balaban J connectivity index is 1.98. The number of benzene rings is 1. The second kappa shape index (κ2) is 6.81. The highest BCUT2D eigenvalue weighted by molar-refractivity contribution is 8.01. The number of ether oxygens (including phenoxy) is 1. The van der Waals surface area contributed by atoms with Gasteiger partial charge in [-0.3, -0.25) is 5.41 Å². The highest BCUT2D eigenvalue weighted by Gasteiger charge is 2.25. The molecule has 0 bridgehead atoms. The van der Waals surface area contributed by atoms with Gasteiger partial charge in [-0.1, -0.05) is 12.1 Å². The monoisotopic (exact) mass is 328 g/mol. The molecule has 2 unspecified atom stereocenters. The van der Waals surface area contributed by atoms with E-state index in [-0.39, 0.29) is 22.6 Å². The summed E-state index contributed by atoms with van der Waals surface area (Å²) in [5.41, 5.74) is 5.83. The average molecular weight is 328 g/mol. The first-order chi connectivity index (χ1) is 9.90. The van der Waals surface area contributed by atoms with Crippen molar-refractivity contribution in [1.29, 1.82) is 5.41 Å². The number of hydrogen-bond acceptors (Lipinski definition) is 5. The molecule has 1 aliphatic rings. The molecule has 5 nitrogen and oxygen atoms in total. The molecule has 21 heavy (non-hydrogen) atoms. The number of sulfone groups is 1. The zero-order valence-corrected chi connectivity index (χ0v) is 13.5. The Bertz CT molecular complexity index is 616. The second-order valence-electron chi connectivity index (χ2n) is 5.03. The quantitative estimate of drug-likeness (QED) is 0.612. The van der Waals surface area contributed by atoms with Gasteiger partial charge in [0.2, 0.25) is 0 Å². The van der Waals surface area contributed by atoms with Gasteiger partial charge < -0.3 is 10.5 Å². The van der Waals surface area contributed by atoms with Gasteiger partial charge in [-0.05, 0) is 25.5 Å². The molecule has 3 N–H and O–H groups in total. The minimum atomic E-state index is -3.34. The van der Waals surface area contributed by atoms with Crippen molar-refractivity contribution in [2.24, 2.45) is 5.73 Å². The third kappa shape index (κ3) is 4.21. The van der Waals surface area contributed by atoms with Crippen molar-refractivity contribution in [3.63, 3.8) is 0 Å². The first-order valence-corrected chi connectivity index (χ1v) is 9.50. The van der Waals surface area contributed by atoms with Crippen molar-refractivity contribution in [2.45, 2.75) is 29.6 Å². The third-order valence-corrected chi connectivity index (χ3v) is 6.95. The van der Waals surface area contributed by atoms with Crippen LogP contribution < -0.4 is 5.73 Å². The average Bonchev–Trinajstić information content (AvgIpc) is 2.84. The van der Waals surface area contributed by atoms with E-state index in [4.69, 9.17) is 15.9 Å². The van der Waals surface area contributed by atoms with Crippen LogP contribution in [0.2, 0.25) is 0 Å². The molecule has 0 amide bonds. The van der Waals surface area contributed by atoms with E-state index in [1.54, 1.807) is 30.0 Å². The molecule has 1 aromatic rings. The van der Waals surface area contributed by atoms with Crippen LogP contribution in [0, 0.1) is 5.41 Å². The minimum Gasteiger partial charge on any atom is -0.384 e. The van der Waals surface area contributed by atoms with Gasteiger partial charge in [-0.25, -0.2) is 8.42 Å².